The van der Waals surface area contributed by atoms with E-state index in [1.807, 2.05) is 0 Å². The smallest absolute Gasteiger partial charge is 0.223 e. The van der Waals surface area contributed by atoms with Gasteiger partial charge in [-0.3, -0.25) is 4.79 Å². The van der Waals surface area contributed by atoms with E-state index in [9.17, 15) is 4.79 Å². The normalized spacial score (nSPS) is 23.1. The Kier molecular flexibility index (Phi) is 5.14. The van der Waals surface area contributed by atoms with Crippen LogP contribution < -0.4 is 0 Å². The van der Waals surface area contributed by atoms with Gasteiger partial charge < -0.3 is 9.80 Å². The van der Waals surface area contributed by atoms with Crippen molar-refractivity contribution in [3.63, 3.8) is 0 Å². The highest BCUT2D eigenvalue weighted by atomic mass is 32.1. The number of thiazole rings is 1. The van der Waals surface area contributed by atoms with Crippen LogP contribution in [0, 0.1) is 5.92 Å². The third-order valence-electron chi connectivity index (χ3n) is 4.91. The molecular formula is C17H27N3OS. The van der Waals surface area contributed by atoms with Crippen LogP contribution in [-0.2, 0) is 17.8 Å². The second kappa shape index (κ2) is 7.09. The molecule has 1 aromatic rings. The number of hydrogen-bond donors (Lipinski definition) is 0. The lowest BCUT2D eigenvalue weighted by atomic mass is 10.1. The number of rotatable bonds is 6. The molecule has 0 bridgehead atoms. The first-order valence-electron chi connectivity index (χ1n) is 8.57. The van der Waals surface area contributed by atoms with Gasteiger partial charge >= 0.3 is 0 Å². The van der Waals surface area contributed by atoms with Crippen molar-refractivity contribution in [3.8, 4) is 0 Å². The van der Waals surface area contributed by atoms with Gasteiger partial charge in [-0.05, 0) is 32.2 Å². The molecule has 2 heterocycles. The fraction of sp³-hybridized carbons (Fsp3) is 0.765. The Morgan fingerprint density at radius 3 is 2.86 bits per heavy atom. The van der Waals surface area contributed by atoms with Crippen LogP contribution in [0.2, 0.25) is 0 Å². The molecule has 0 N–H and O–H groups in total. The summed E-state index contributed by atoms with van der Waals surface area (Å²) in [7, 11) is 2.15. The molecule has 0 radical (unpaired) electrons. The zero-order valence-electron chi connectivity index (χ0n) is 13.8. The fourth-order valence-electron chi connectivity index (χ4n) is 3.87. The Balaban J connectivity index is 1.49. The summed E-state index contributed by atoms with van der Waals surface area (Å²) >= 11 is 1.75. The molecule has 1 aromatic heterocycles. The number of amides is 1. The van der Waals surface area contributed by atoms with Crippen LogP contribution in [0.3, 0.4) is 0 Å². The van der Waals surface area contributed by atoms with Crippen LogP contribution in [-0.4, -0.2) is 46.9 Å². The Labute approximate surface area is 137 Å². The van der Waals surface area contributed by atoms with Crippen molar-refractivity contribution < 1.29 is 4.79 Å². The van der Waals surface area contributed by atoms with Gasteiger partial charge in [-0.25, -0.2) is 4.98 Å². The summed E-state index contributed by atoms with van der Waals surface area (Å²) in [6, 6.07) is 0.536. The second-order valence-electron chi connectivity index (χ2n) is 6.84. The van der Waals surface area contributed by atoms with E-state index in [1.165, 1.54) is 36.4 Å². The number of aryl methyl sites for hydroxylation is 1. The minimum absolute atomic E-state index is 0.382. The van der Waals surface area contributed by atoms with E-state index in [2.05, 4.69) is 34.1 Å². The molecule has 122 valence electrons. The molecule has 1 amide bonds. The monoisotopic (exact) mass is 321 g/mol. The number of hydrogen-bond acceptors (Lipinski definition) is 4. The van der Waals surface area contributed by atoms with Gasteiger partial charge in [0.1, 0.15) is 0 Å². The first-order chi connectivity index (χ1) is 10.7. The Bertz CT molecular complexity index is 510. The van der Waals surface area contributed by atoms with Crippen LogP contribution in [0.1, 0.15) is 49.7 Å². The maximum Gasteiger partial charge on any atom is 0.223 e. The van der Waals surface area contributed by atoms with Gasteiger partial charge in [0.25, 0.3) is 0 Å². The lowest BCUT2D eigenvalue weighted by Crippen LogP contribution is -2.35. The summed E-state index contributed by atoms with van der Waals surface area (Å²) in [5.74, 6) is 0.870. The van der Waals surface area contributed by atoms with Crippen LogP contribution in [0.4, 0.5) is 0 Å². The molecular weight excluding hydrogens is 294 g/mol. The summed E-state index contributed by atoms with van der Waals surface area (Å²) in [5.41, 5.74) is 1.17. The Morgan fingerprint density at radius 1 is 1.41 bits per heavy atom. The Morgan fingerprint density at radius 2 is 2.18 bits per heavy atom. The molecule has 0 aromatic carbocycles. The van der Waals surface area contributed by atoms with Crippen molar-refractivity contribution in [1.29, 1.82) is 0 Å². The van der Waals surface area contributed by atoms with Crippen LogP contribution in [0.25, 0.3) is 0 Å². The molecule has 1 saturated heterocycles. The van der Waals surface area contributed by atoms with E-state index >= 15 is 0 Å². The predicted molar refractivity (Wildman–Crippen MR) is 89.9 cm³/mol. The summed E-state index contributed by atoms with van der Waals surface area (Å²) in [4.78, 5) is 21.4. The van der Waals surface area contributed by atoms with Gasteiger partial charge in [-0.15, -0.1) is 11.3 Å². The molecule has 2 fully saturated rings. The van der Waals surface area contributed by atoms with E-state index in [0.29, 0.717) is 17.9 Å². The van der Waals surface area contributed by atoms with Crippen molar-refractivity contribution in [1.82, 2.24) is 14.8 Å². The van der Waals surface area contributed by atoms with Gasteiger partial charge in [0.05, 0.1) is 10.7 Å². The fourth-order valence-corrected chi connectivity index (χ4v) is 4.60. The molecule has 3 rings (SSSR count). The highest BCUT2D eigenvalue weighted by Gasteiger charge is 2.35. The highest BCUT2D eigenvalue weighted by molar-refractivity contribution is 7.09. The van der Waals surface area contributed by atoms with Gasteiger partial charge in [0.15, 0.2) is 0 Å². The molecule has 1 saturated carbocycles. The van der Waals surface area contributed by atoms with Crippen molar-refractivity contribution in [2.75, 3.05) is 20.1 Å². The molecule has 22 heavy (non-hydrogen) atoms. The average Bonchev–Trinajstić information content (AvgIpc) is 3.19. The van der Waals surface area contributed by atoms with E-state index in [1.54, 1.807) is 11.3 Å². The minimum atomic E-state index is 0.382. The zero-order valence-corrected chi connectivity index (χ0v) is 14.6. The lowest BCUT2D eigenvalue weighted by molar-refractivity contribution is -0.129. The second-order valence-corrected chi connectivity index (χ2v) is 7.78. The topological polar surface area (TPSA) is 36.4 Å². The molecule has 1 aliphatic carbocycles. The quantitative estimate of drug-likeness (QED) is 0.808. The van der Waals surface area contributed by atoms with E-state index < -0.39 is 0 Å². The maximum atomic E-state index is 12.3. The number of likely N-dealkylation sites (tertiary alicyclic amines) is 1. The maximum absolute atomic E-state index is 12.3. The summed E-state index contributed by atoms with van der Waals surface area (Å²) < 4.78 is 0. The molecule has 2 aliphatic rings. The molecule has 5 heteroatoms. The Hall–Kier alpha value is -0.940. The zero-order chi connectivity index (χ0) is 15.5. The van der Waals surface area contributed by atoms with E-state index in [0.717, 1.165) is 32.5 Å². The predicted octanol–water partition coefficient (Wildman–Crippen LogP) is 2.93. The van der Waals surface area contributed by atoms with Crippen molar-refractivity contribution >= 4 is 17.2 Å². The summed E-state index contributed by atoms with van der Waals surface area (Å²) in [6.45, 7) is 5.00. The lowest BCUT2D eigenvalue weighted by Gasteiger charge is -2.25. The number of carbonyl (C=O) groups is 1. The molecule has 0 unspecified atom stereocenters. The van der Waals surface area contributed by atoms with Crippen LogP contribution >= 0.6 is 11.3 Å². The molecule has 1 aliphatic heterocycles. The standard InChI is InChI=1S/C17H27N3OS/c1-3-16-18-14(12-22-16)11-19(2)9-13-8-17(21)20(10-13)15-6-4-5-7-15/h12-13,15H,3-11H2,1-2H3/t13-/m0/s1. The van der Waals surface area contributed by atoms with Crippen LogP contribution in [0.15, 0.2) is 5.38 Å². The van der Waals surface area contributed by atoms with E-state index in [-0.39, 0.29) is 0 Å². The first-order valence-corrected chi connectivity index (χ1v) is 9.45. The summed E-state index contributed by atoms with van der Waals surface area (Å²) in [6.07, 6.45) is 6.77. The highest BCUT2D eigenvalue weighted by Crippen LogP contribution is 2.29. The molecule has 1 atom stereocenters. The van der Waals surface area contributed by atoms with Gasteiger partial charge in [0.2, 0.25) is 5.91 Å². The largest absolute Gasteiger partial charge is 0.339 e. The minimum Gasteiger partial charge on any atom is -0.339 e. The summed E-state index contributed by atoms with van der Waals surface area (Å²) in [5, 5.41) is 3.38. The van der Waals surface area contributed by atoms with Gasteiger partial charge in [-0.2, -0.15) is 0 Å². The number of aromatic nitrogens is 1. The van der Waals surface area contributed by atoms with E-state index in [4.69, 9.17) is 0 Å². The number of nitrogens with zero attached hydrogens (tertiary/aromatic N) is 3. The molecule has 0 spiro atoms. The first kappa shape index (κ1) is 15.9. The van der Waals surface area contributed by atoms with Gasteiger partial charge in [-0.1, -0.05) is 19.8 Å². The van der Waals surface area contributed by atoms with Crippen LogP contribution in [0.5, 0.6) is 0 Å². The molecule has 4 nitrogen and oxygen atoms in total. The third kappa shape index (κ3) is 3.69. The van der Waals surface area contributed by atoms with Crippen molar-refractivity contribution in [3.05, 3.63) is 16.1 Å². The third-order valence-corrected chi connectivity index (χ3v) is 5.95. The van der Waals surface area contributed by atoms with Gasteiger partial charge in [0, 0.05) is 37.5 Å². The van der Waals surface area contributed by atoms with Crippen molar-refractivity contribution in [2.24, 2.45) is 5.92 Å². The SMILES string of the molecule is CCc1nc(CN(C)C[C@@H]2CC(=O)N(C3CCCC3)C2)cs1. The average molecular weight is 321 g/mol. The number of carbonyl (C=O) groups excluding carboxylic acids is 1. The van der Waals surface area contributed by atoms with Crippen molar-refractivity contribution in [2.45, 2.75) is 58.0 Å².